The van der Waals surface area contributed by atoms with Crippen LogP contribution in [0.2, 0.25) is 10.0 Å². The lowest BCUT2D eigenvalue weighted by Gasteiger charge is -2.64. The van der Waals surface area contributed by atoms with E-state index in [2.05, 4.69) is 29.3 Å². The number of aryl methyl sites for hydroxylation is 1. The molecule has 5 aliphatic rings. The molecule has 3 fully saturated rings. The minimum Gasteiger partial charge on any atom is -0.485 e. The fourth-order valence-corrected chi connectivity index (χ4v) is 9.51. The van der Waals surface area contributed by atoms with Crippen molar-refractivity contribution in [3.8, 4) is 5.75 Å². The van der Waals surface area contributed by atoms with Crippen molar-refractivity contribution in [2.45, 2.75) is 94.0 Å². The molecule has 2 bridgehead atoms. The lowest BCUT2D eigenvalue weighted by Crippen LogP contribution is -2.77. The predicted molar refractivity (Wildman–Crippen MR) is 182 cm³/mol. The Morgan fingerprint density at radius 3 is 2.60 bits per heavy atom. The molecule has 7 nitrogen and oxygen atoms in total. The fraction of sp³-hybridized carbons (Fsp3) is 0.474. The van der Waals surface area contributed by atoms with Gasteiger partial charge in [-0.05, 0) is 92.8 Å². The summed E-state index contributed by atoms with van der Waals surface area (Å²) in [5, 5.41) is 16.9. The van der Waals surface area contributed by atoms with Gasteiger partial charge in [-0.1, -0.05) is 59.6 Å². The molecule has 1 unspecified atom stereocenters. The molecule has 1 saturated heterocycles. The van der Waals surface area contributed by atoms with E-state index in [4.69, 9.17) is 32.7 Å². The van der Waals surface area contributed by atoms with E-state index in [0.29, 0.717) is 28.6 Å². The van der Waals surface area contributed by atoms with Crippen molar-refractivity contribution < 1.29 is 24.2 Å². The number of aliphatic hydroxyl groups is 1. The third-order valence-electron chi connectivity index (χ3n) is 11.4. The van der Waals surface area contributed by atoms with Crippen LogP contribution in [-0.4, -0.2) is 58.7 Å². The van der Waals surface area contributed by atoms with Gasteiger partial charge < -0.3 is 19.9 Å². The van der Waals surface area contributed by atoms with Crippen LogP contribution < -0.4 is 10.1 Å². The number of Topliss-reactive ketones (excluding diaryl/α,β-unsaturated/α-hetero) is 1. The van der Waals surface area contributed by atoms with Gasteiger partial charge in [0.1, 0.15) is 23.7 Å². The molecule has 0 amide bonds. The number of nitrogens with one attached hydrogen (secondary N) is 1. The summed E-state index contributed by atoms with van der Waals surface area (Å²) in [7, 11) is 0. The first-order valence-electron chi connectivity index (χ1n) is 16.9. The molecule has 3 aromatic rings. The monoisotopic (exact) mass is 674 g/mol. The number of carbonyl (C=O) groups excluding carboxylic acids is 2. The Morgan fingerprint density at radius 1 is 1.02 bits per heavy atom. The van der Waals surface area contributed by atoms with Crippen LogP contribution in [0.15, 0.2) is 54.6 Å². The second-order valence-electron chi connectivity index (χ2n) is 14.2. The maximum atomic E-state index is 13.3. The molecule has 47 heavy (non-hydrogen) atoms. The van der Waals surface area contributed by atoms with Gasteiger partial charge in [0, 0.05) is 36.7 Å². The largest absolute Gasteiger partial charge is 0.485 e. The van der Waals surface area contributed by atoms with Crippen LogP contribution in [0.3, 0.4) is 0 Å². The van der Waals surface area contributed by atoms with Gasteiger partial charge in [-0.3, -0.25) is 14.5 Å². The van der Waals surface area contributed by atoms with Crippen LogP contribution in [0, 0.1) is 12.8 Å². The molecule has 3 aromatic carbocycles. The van der Waals surface area contributed by atoms with Crippen molar-refractivity contribution >= 4 is 46.3 Å². The number of rotatable bonds is 10. The normalized spacial score (nSPS) is 28.7. The standard InChI is InChI=1S/C38H40Cl2N2O5/c1-22-9-12-25-20-31-38(45)16-15-30(36-37(38,33(25)35(22)47-36)17-18-42(31)21-23-10-11-23)46-32(44)14-13-26(43)19-24-5-2-3-8-29(24)41-34-27(39)6-4-7-28(34)40/h2-9,12,23,30-31,36,41,45H,10-11,13-21H2,1H3/t30-,31-,36?,37+,38-/m1/s1. The van der Waals surface area contributed by atoms with Gasteiger partial charge >= 0.3 is 5.97 Å². The third-order valence-corrected chi connectivity index (χ3v) is 12.1. The van der Waals surface area contributed by atoms with Gasteiger partial charge in [-0.25, -0.2) is 0 Å². The zero-order valence-corrected chi connectivity index (χ0v) is 28.1. The van der Waals surface area contributed by atoms with Crippen LogP contribution >= 0.6 is 23.2 Å². The molecule has 0 aromatic heterocycles. The van der Waals surface area contributed by atoms with E-state index in [-0.39, 0.29) is 31.1 Å². The fourth-order valence-electron chi connectivity index (χ4n) is 9.02. The summed E-state index contributed by atoms with van der Waals surface area (Å²) in [6.45, 7) is 4.01. The second kappa shape index (κ2) is 11.8. The average Bonchev–Trinajstić information content (AvgIpc) is 3.79. The lowest BCUT2D eigenvalue weighted by molar-refractivity contribution is -0.216. The summed E-state index contributed by atoms with van der Waals surface area (Å²) < 4.78 is 12.9. The van der Waals surface area contributed by atoms with Crippen molar-refractivity contribution in [2.75, 3.05) is 18.4 Å². The number of esters is 1. The van der Waals surface area contributed by atoms with E-state index in [1.807, 2.05) is 24.3 Å². The minimum absolute atomic E-state index is 0.0136. The second-order valence-corrected chi connectivity index (χ2v) is 15.1. The molecule has 2 heterocycles. The number of benzene rings is 3. The number of anilines is 2. The lowest BCUT2D eigenvalue weighted by atomic mass is 9.48. The van der Waals surface area contributed by atoms with E-state index >= 15 is 0 Å². The summed E-state index contributed by atoms with van der Waals surface area (Å²) in [5.74, 6) is 1.13. The van der Waals surface area contributed by atoms with Crippen LogP contribution in [0.5, 0.6) is 5.75 Å². The molecule has 2 saturated carbocycles. The first-order valence-corrected chi connectivity index (χ1v) is 17.7. The van der Waals surface area contributed by atoms with Gasteiger partial charge in [-0.2, -0.15) is 0 Å². The number of hydrogen-bond acceptors (Lipinski definition) is 7. The number of likely N-dealkylation sites (tertiary alicyclic amines) is 1. The maximum absolute atomic E-state index is 13.3. The summed E-state index contributed by atoms with van der Waals surface area (Å²) in [6.07, 6.45) is 4.51. The zero-order chi connectivity index (χ0) is 32.5. The molecule has 2 aliphatic heterocycles. The number of piperidine rings is 1. The van der Waals surface area contributed by atoms with Crippen molar-refractivity contribution in [2.24, 2.45) is 5.92 Å². The Morgan fingerprint density at radius 2 is 1.81 bits per heavy atom. The first-order chi connectivity index (χ1) is 22.7. The topological polar surface area (TPSA) is 88.1 Å². The zero-order valence-electron chi connectivity index (χ0n) is 26.6. The number of hydrogen-bond donors (Lipinski definition) is 2. The average molecular weight is 676 g/mol. The highest BCUT2D eigenvalue weighted by molar-refractivity contribution is 6.39. The first kappa shape index (κ1) is 31.2. The third kappa shape index (κ3) is 5.16. The Hall–Kier alpha value is -3.10. The Kier molecular flexibility index (Phi) is 7.83. The summed E-state index contributed by atoms with van der Waals surface area (Å²) in [4.78, 5) is 29.0. The molecule has 1 spiro atoms. The molecule has 3 aliphatic carbocycles. The van der Waals surface area contributed by atoms with E-state index in [1.165, 1.54) is 18.4 Å². The number of carbonyl (C=O) groups is 2. The maximum Gasteiger partial charge on any atom is 0.306 e. The van der Waals surface area contributed by atoms with Crippen molar-refractivity contribution in [3.05, 3.63) is 86.9 Å². The number of halogens is 2. The molecule has 8 rings (SSSR count). The highest BCUT2D eigenvalue weighted by Crippen LogP contribution is 2.65. The molecular weight excluding hydrogens is 635 g/mol. The van der Waals surface area contributed by atoms with Gasteiger partial charge in [0.15, 0.2) is 0 Å². The van der Waals surface area contributed by atoms with E-state index in [9.17, 15) is 14.7 Å². The van der Waals surface area contributed by atoms with Crippen molar-refractivity contribution in [3.63, 3.8) is 0 Å². The van der Waals surface area contributed by atoms with Crippen molar-refractivity contribution in [1.82, 2.24) is 4.90 Å². The Bertz CT molecular complexity index is 1740. The SMILES string of the molecule is Cc1ccc2c3c1OC1[C@H](OC(=O)CCC(=O)Cc4ccccc4Nc4c(Cl)cccc4Cl)CC[C@@]4(O)[C@@H](C2)N(CC2CC2)CC[C@]314. The number of ether oxygens (including phenoxy) is 2. The highest BCUT2D eigenvalue weighted by Gasteiger charge is 2.73. The van der Waals surface area contributed by atoms with Crippen molar-refractivity contribution in [1.29, 1.82) is 0 Å². The van der Waals surface area contributed by atoms with Crippen LogP contribution in [0.25, 0.3) is 0 Å². The molecule has 2 N–H and O–H groups in total. The summed E-state index contributed by atoms with van der Waals surface area (Å²) in [6, 6.07) is 17.2. The number of nitrogens with zero attached hydrogens (tertiary/aromatic N) is 1. The Balaban J connectivity index is 0.959. The molecule has 0 radical (unpaired) electrons. The number of ketones is 1. The van der Waals surface area contributed by atoms with E-state index in [0.717, 1.165) is 60.0 Å². The van der Waals surface area contributed by atoms with Crippen LogP contribution in [0.1, 0.15) is 67.2 Å². The highest BCUT2D eigenvalue weighted by atomic mass is 35.5. The molecular formula is C38H40Cl2N2O5. The summed E-state index contributed by atoms with van der Waals surface area (Å²) >= 11 is 12.7. The number of para-hydroxylation sites is 2. The van der Waals surface area contributed by atoms with Gasteiger partial charge in [0.2, 0.25) is 0 Å². The van der Waals surface area contributed by atoms with Crippen LogP contribution in [-0.2, 0) is 32.6 Å². The quantitative estimate of drug-likeness (QED) is 0.222. The summed E-state index contributed by atoms with van der Waals surface area (Å²) in [5.41, 5.74) is 4.01. The van der Waals surface area contributed by atoms with E-state index in [1.54, 1.807) is 18.2 Å². The minimum atomic E-state index is -0.939. The molecule has 9 heteroatoms. The van der Waals surface area contributed by atoms with Crippen LogP contribution in [0.4, 0.5) is 11.4 Å². The predicted octanol–water partition coefficient (Wildman–Crippen LogP) is 7.11. The van der Waals surface area contributed by atoms with Gasteiger partial charge in [0.25, 0.3) is 0 Å². The molecule has 246 valence electrons. The van der Waals surface area contributed by atoms with Gasteiger partial charge in [0.05, 0.1) is 33.2 Å². The smallest absolute Gasteiger partial charge is 0.306 e. The van der Waals surface area contributed by atoms with E-state index < -0.39 is 29.2 Å². The molecule has 5 atom stereocenters. The Labute approximate surface area is 285 Å². The van der Waals surface area contributed by atoms with Gasteiger partial charge in [-0.15, -0.1) is 0 Å².